The van der Waals surface area contributed by atoms with Crippen LogP contribution < -0.4 is 5.32 Å². The van der Waals surface area contributed by atoms with Gasteiger partial charge in [0.25, 0.3) is 0 Å². The van der Waals surface area contributed by atoms with Gasteiger partial charge in [0.2, 0.25) is 0 Å². The summed E-state index contributed by atoms with van der Waals surface area (Å²) in [6, 6.07) is 5.44. The molecule has 0 aliphatic carbocycles. The van der Waals surface area contributed by atoms with Crippen molar-refractivity contribution in [1.29, 1.82) is 0 Å². The number of benzene rings is 1. The lowest BCUT2D eigenvalue weighted by atomic mass is 10.0. The second-order valence-corrected chi connectivity index (χ2v) is 5.05. The molecule has 0 bridgehead atoms. The largest absolute Gasteiger partial charge is 0.464 e. The Kier molecular flexibility index (Phi) is 4.37. The number of hydrogen-bond acceptors (Lipinski definition) is 2. The van der Waals surface area contributed by atoms with Gasteiger partial charge in [-0.3, -0.25) is 0 Å². The van der Waals surface area contributed by atoms with E-state index in [2.05, 4.69) is 21.2 Å². The van der Waals surface area contributed by atoms with Gasteiger partial charge in [-0.2, -0.15) is 0 Å². The first-order valence-corrected chi connectivity index (χ1v) is 6.77. The van der Waals surface area contributed by atoms with Gasteiger partial charge in [0.05, 0.1) is 10.5 Å². The van der Waals surface area contributed by atoms with E-state index in [0.717, 1.165) is 0 Å². The normalized spacial score (nSPS) is 12.7. The Hall–Kier alpha value is -1.20. The van der Waals surface area contributed by atoms with Crippen LogP contribution in [-0.4, -0.2) is 6.54 Å². The van der Waals surface area contributed by atoms with E-state index in [4.69, 9.17) is 4.42 Å². The molecule has 5 heteroatoms. The highest BCUT2D eigenvalue weighted by molar-refractivity contribution is 9.10. The number of nitrogens with one attached hydrogen (secondary N) is 1. The molecule has 102 valence electrons. The average Bonchev–Trinajstić information content (AvgIpc) is 2.80. The van der Waals surface area contributed by atoms with Crippen molar-refractivity contribution in [3.05, 3.63) is 57.5 Å². The van der Waals surface area contributed by atoms with E-state index in [-0.39, 0.29) is 10.0 Å². The number of rotatable bonds is 4. The minimum Gasteiger partial charge on any atom is -0.464 e. The van der Waals surface area contributed by atoms with Crippen LogP contribution in [0, 0.1) is 18.6 Å². The van der Waals surface area contributed by atoms with Gasteiger partial charge >= 0.3 is 0 Å². The molecule has 0 aliphatic heterocycles. The number of aryl methyl sites for hydroxylation is 1. The number of furan rings is 1. The van der Waals surface area contributed by atoms with Crippen LogP contribution in [0.2, 0.25) is 0 Å². The van der Waals surface area contributed by atoms with Crippen LogP contribution >= 0.6 is 15.9 Å². The Morgan fingerprint density at radius 1 is 1.26 bits per heavy atom. The van der Waals surface area contributed by atoms with Crippen LogP contribution in [0.15, 0.2) is 33.2 Å². The van der Waals surface area contributed by atoms with Gasteiger partial charge in [-0.05, 0) is 53.7 Å². The van der Waals surface area contributed by atoms with Gasteiger partial charge in [0.1, 0.15) is 23.2 Å². The first-order chi connectivity index (χ1) is 9.04. The molecule has 1 aromatic heterocycles. The molecule has 0 aliphatic rings. The molecule has 1 aromatic carbocycles. The molecular formula is C14H14BrF2NO. The second kappa shape index (κ2) is 5.84. The molecule has 0 saturated carbocycles. The zero-order chi connectivity index (χ0) is 14.0. The Balaban J connectivity index is 2.53. The fraction of sp³-hybridized carbons (Fsp3) is 0.286. The summed E-state index contributed by atoms with van der Waals surface area (Å²) < 4.78 is 33.8. The first kappa shape index (κ1) is 14.2. The zero-order valence-corrected chi connectivity index (χ0v) is 12.2. The molecule has 0 amide bonds. The third-order valence-electron chi connectivity index (χ3n) is 2.82. The highest BCUT2D eigenvalue weighted by Gasteiger charge is 2.25. The van der Waals surface area contributed by atoms with Crippen molar-refractivity contribution in [1.82, 2.24) is 5.32 Å². The summed E-state index contributed by atoms with van der Waals surface area (Å²) in [5.74, 6) is -0.00956. The van der Waals surface area contributed by atoms with Crippen LogP contribution in [0.3, 0.4) is 0 Å². The maximum Gasteiger partial charge on any atom is 0.145 e. The third kappa shape index (κ3) is 2.87. The van der Waals surface area contributed by atoms with Gasteiger partial charge < -0.3 is 9.73 Å². The van der Waals surface area contributed by atoms with Gasteiger partial charge in [-0.1, -0.05) is 6.92 Å². The van der Waals surface area contributed by atoms with Gasteiger partial charge in [-0.25, -0.2) is 8.78 Å². The minimum absolute atomic E-state index is 0.0365. The van der Waals surface area contributed by atoms with E-state index in [9.17, 15) is 8.78 Å². The molecular weight excluding hydrogens is 316 g/mol. The predicted octanol–water partition coefficient (Wildman–Crippen LogP) is 4.33. The maximum atomic E-state index is 14.2. The van der Waals surface area contributed by atoms with Crippen molar-refractivity contribution >= 4 is 15.9 Å². The molecule has 1 atom stereocenters. The highest BCUT2D eigenvalue weighted by Crippen LogP contribution is 2.31. The lowest BCUT2D eigenvalue weighted by Crippen LogP contribution is -2.24. The monoisotopic (exact) mass is 329 g/mol. The molecule has 2 rings (SSSR count). The summed E-state index contributed by atoms with van der Waals surface area (Å²) in [5.41, 5.74) is -0.0365. The minimum atomic E-state index is -0.642. The molecule has 0 radical (unpaired) electrons. The molecule has 0 fully saturated rings. The molecule has 1 heterocycles. The standard InChI is InChI=1S/C14H14BrF2NO/c1-3-18-14(11-7-4-8(2)19-11)12-10(16)6-5-9(15)13(12)17/h4-7,14,18H,3H2,1-2H3. The lowest BCUT2D eigenvalue weighted by molar-refractivity contribution is 0.414. The first-order valence-electron chi connectivity index (χ1n) is 5.97. The van der Waals surface area contributed by atoms with Crippen LogP contribution in [0.1, 0.15) is 30.0 Å². The topological polar surface area (TPSA) is 25.2 Å². The quantitative estimate of drug-likeness (QED) is 0.844. The van der Waals surface area contributed by atoms with E-state index in [0.29, 0.717) is 18.1 Å². The van der Waals surface area contributed by atoms with E-state index in [1.165, 1.54) is 12.1 Å². The molecule has 0 spiro atoms. The third-order valence-corrected chi connectivity index (χ3v) is 3.43. The van der Waals surface area contributed by atoms with Crippen molar-refractivity contribution in [3.8, 4) is 0 Å². The van der Waals surface area contributed by atoms with Gasteiger partial charge in [-0.15, -0.1) is 0 Å². The Bertz CT molecular complexity index is 583. The molecule has 2 nitrogen and oxygen atoms in total. The van der Waals surface area contributed by atoms with E-state index in [1.807, 2.05) is 6.92 Å². The van der Waals surface area contributed by atoms with E-state index < -0.39 is 17.7 Å². The van der Waals surface area contributed by atoms with E-state index in [1.54, 1.807) is 19.1 Å². The maximum absolute atomic E-state index is 14.2. The fourth-order valence-electron chi connectivity index (χ4n) is 1.96. The summed E-state index contributed by atoms with van der Waals surface area (Å²) in [7, 11) is 0. The summed E-state index contributed by atoms with van der Waals surface area (Å²) in [6.07, 6.45) is 0. The Morgan fingerprint density at radius 2 is 2.00 bits per heavy atom. The molecule has 2 aromatic rings. The zero-order valence-electron chi connectivity index (χ0n) is 10.6. The highest BCUT2D eigenvalue weighted by atomic mass is 79.9. The van der Waals surface area contributed by atoms with Crippen LogP contribution in [0.25, 0.3) is 0 Å². The SMILES string of the molecule is CCNC(c1ccc(C)o1)c1c(F)ccc(Br)c1F. The van der Waals surface area contributed by atoms with Crippen LogP contribution in [0.4, 0.5) is 8.78 Å². The average molecular weight is 330 g/mol. The van der Waals surface area contributed by atoms with Crippen molar-refractivity contribution < 1.29 is 13.2 Å². The van der Waals surface area contributed by atoms with Gasteiger partial charge in [0.15, 0.2) is 0 Å². The Morgan fingerprint density at radius 3 is 2.58 bits per heavy atom. The number of halogens is 3. The summed E-state index contributed by atoms with van der Waals surface area (Å²) >= 11 is 3.08. The summed E-state index contributed by atoms with van der Waals surface area (Å²) in [4.78, 5) is 0. The second-order valence-electron chi connectivity index (χ2n) is 4.20. The fourth-order valence-corrected chi connectivity index (χ4v) is 2.31. The van der Waals surface area contributed by atoms with Crippen LogP contribution in [-0.2, 0) is 0 Å². The van der Waals surface area contributed by atoms with Crippen molar-refractivity contribution in [2.24, 2.45) is 0 Å². The van der Waals surface area contributed by atoms with E-state index >= 15 is 0 Å². The van der Waals surface area contributed by atoms with Gasteiger partial charge in [0, 0.05) is 5.56 Å². The van der Waals surface area contributed by atoms with Crippen molar-refractivity contribution in [2.45, 2.75) is 19.9 Å². The molecule has 0 saturated heterocycles. The van der Waals surface area contributed by atoms with Crippen LogP contribution in [0.5, 0.6) is 0 Å². The smallest absolute Gasteiger partial charge is 0.145 e. The molecule has 19 heavy (non-hydrogen) atoms. The van der Waals surface area contributed by atoms with Crippen molar-refractivity contribution in [3.63, 3.8) is 0 Å². The summed E-state index contributed by atoms with van der Waals surface area (Å²) in [6.45, 7) is 4.23. The lowest BCUT2D eigenvalue weighted by Gasteiger charge is -2.18. The molecule has 1 unspecified atom stereocenters. The Labute approximate surface area is 118 Å². The predicted molar refractivity (Wildman–Crippen MR) is 73.0 cm³/mol. The summed E-state index contributed by atoms with van der Waals surface area (Å²) in [5, 5.41) is 3.04. The number of hydrogen-bond donors (Lipinski definition) is 1. The van der Waals surface area contributed by atoms with Crippen molar-refractivity contribution in [2.75, 3.05) is 6.54 Å². The molecule has 1 N–H and O–H groups in total.